The molecular formula is C16H12F3N3O2S. The zero-order chi connectivity index (χ0) is 17.9. The average molecular weight is 367 g/mol. The van der Waals surface area contributed by atoms with E-state index in [1.807, 2.05) is 0 Å². The van der Waals surface area contributed by atoms with E-state index in [1.165, 1.54) is 12.3 Å². The highest BCUT2D eigenvalue weighted by atomic mass is 32.2. The third-order valence-electron chi connectivity index (χ3n) is 3.20. The van der Waals surface area contributed by atoms with Crippen molar-refractivity contribution in [3.63, 3.8) is 0 Å². The molecule has 1 amide bonds. The molecule has 0 saturated carbocycles. The van der Waals surface area contributed by atoms with E-state index in [9.17, 15) is 18.0 Å². The number of nitrogens with zero attached hydrogens (tertiary/aromatic N) is 2. The Morgan fingerprint density at radius 1 is 1.16 bits per heavy atom. The van der Waals surface area contributed by atoms with E-state index < -0.39 is 12.0 Å². The molecule has 25 heavy (non-hydrogen) atoms. The Morgan fingerprint density at radius 3 is 2.68 bits per heavy atom. The van der Waals surface area contributed by atoms with Gasteiger partial charge < -0.3 is 9.73 Å². The number of rotatable bonds is 5. The Bertz CT molecular complexity index is 882. The number of carbonyl (C=O) groups excluding carboxylic acids is 1. The summed E-state index contributed by atoms with van der Waals surface area (Å²) in [6.07, 6.45) is -3.16. The Hall–Kier alpha value is -2.55. The fourth-order valence-electron chi connectivity index (χ4n) is 2.07. The van der Waals surface area contributed by atoms with Crippen molar-refractivity contribution in [2.24, 2.45) is 0 Å². The molecule has 9 heteroatoms. The Balaban J connectivity index is 1.74. The van der Waals surface area contributed by atoms with Gasteiger partial charge in [-0.05, 0) is 18.2 Å². The quantitative estimate of drug-likeness (QED) is 0.551. The van der Waals surface area contributed by atoms with Crippen LogP contribution in [-0.4, -0.2) is 21.6 Å². The zero-order valence-corrected chi connectivity index (χ0v) is 13.5. The highest BCUT2D eigenvalue weighted by Gasteiger charge is 2.35. The van der Waals surface area contributed by atoms with E-state index in [0.29, 0.717) is 11.1 Å². The van der Waals surface area contributed by atoms with Crippen LogP contribution in [0.5, 0.6) is 0 Å². The fraction of sp³-hybridized carbons (Fsp3) is 0.188. The van der Waals surface area contributed by atoms with Crippen LogP contribution in [0.3, 0.4) is 0 Å². The van der Waals surface area contributed by atoms with Crippen LogP contribution in [0.2, 0.25) is 0 Å². The highest BCUT2D eigenvalue weighted by molar-refractivity contribution is 8.00. The van der Waals surface area contributed by atoms with Crippen LogP contribution in [0.15, 0.2) is 52.1 Å². The second-order valence-electron chi connectivity index (χ2n) is 5.01. The molecule has 0 saturated heterocycles. The molecule has 3 aromatic rings. The molecule has 0 unspecified atom stereocenters. The van der Waals surface area contributed by atoms with E-state index in [1.54, 1.807) is 30.3 Å². The molecular weight excluding hydrogens is 355 g/mol. The summed E-state index contributed by atoms with van der Waals surface area (Å²) in [7, 11) is 0. The van der Waals surface area contributed by atoms with Crippen LogP contribution in [-0.2, 0) is 17.5 Å². The number of para-hydroxylation sites is 1. The summed E-state index contributed by atoms with van der Waals surface area (Å²) < 4.78 is 43.9. The van der Waals surface area contributed by atoms with Gasteiger partial charge in [0.1, 0.15) is 10.8 Å². The minimum Gasteiger partial charge on any atom is -0.467 e. The van der Waals surface area contributed by atoms with Crippen LogP contribution in [0, 0.1) is 0 Å². The lowest BCUT2D eigenvalue weighted by molar-refractivity contribution is -0.145. The molecule has 0 spiro atoms. The maximum absolute atomic E-state index is 12.9. The number of halogens is 3. The lowest BCUT2D eigenvalue weighted by Crippen LogP contribution is -2.24. The van der Waals surface area contributed by atoms with Crippen LogP contribution in [0.1, 0.15) is 11.6 Å². The van der Waals surface area contributed by atoms with Crippen molar-refractivity contribution >= 4 is 28.6 Å². The number of nitrogens with one attached hydrogen (secondary N) is 1. The number of hydrogen-bond acceptors (Lipinski definition) is 5. The number of aromatic nitrogens is 2. The van der Waals surface area contributed by atoms with Gasteiger partial charge in [0, 0.05) is 5.39 Å². The second kappa shape index (κ2) is 7.14. The first-order valence-corrected chi connectivity index (χ1v) is 8.18. The summed E-state index contributed by atoms with van der Waals surface area (Å²) >= 11 is 0.932. The first-order chi connectivity index (χ1) is 11.9. The summed E-state index contributed by atoms with van der Waals surface area (Å²) in [5, 5.41) is 3.22. The molecule has 0 radical (unpaired) electrons. The monoisotopic (exact) mass is 367 g/mol. The van der Waals surface area contributed by atoms with Gasteiger partial charge in [-0.3, -0.25) is 4.79 Å². The molecule has 0 aliphatic rings. The predicted octanol–water partition coefficient (Wildman–Crippen LogP) is 3.65. The molecule has 2 aromatic heterocycles. The average Bonchev–Trinajstić information content (AvgIpc) is 3.10. The minimum atomic E-state index is -4.65. The van der Waals surface area contributed by atoms with Crippen LogP contribution in [0.25, 0.3) is 10.9 Å². The van der Waals surface area contributed by atoms with Crippen molar-refractivity contribution in [3.8, 4) is 0 Å². The van der Waals surface area contributed by atoms with Gasteiger partial charge in [0.05, 0.1) is 24.1 Å². The summed E-state index contributed by atoms with van der Waals surface area (Å²) in [5.41, 5.74) is 0.184. The molecule has 0 aliphatic heterocycles. The number of hydrogen-bond donors (Lipinski definition) is 1. The number of alkyl halides is 3. The minimum absolute atomic E-state index is 0.0704. The summed E-state index contributed by atoms with van der Waals surface area (Å²) in [6, 6.07) is 9.79. The first-order valence-electron chi connectivity index (χ1n) is 7.19. The summed E-state index contributed by atoms with van der Waals surface area (Å²) in [5.74, 6) is -1.04. The van der Waals surface area contributed by atoms with Crippen molar-refractivity contribution in [2.75, 3.05) is 5.75 Å². The van der Waals surface area contributed by atoms with Gasteiger partial charge in [-0.15, -0.1) is 0 Å². The van der Waals surface area contributed by atoms with Crippen molar-refractivity contribution < 1.29 is 22.4 Å². The van der Waals surface area contributed by atoms with Crippen LogP contribution in [0.4, 0.5) is 13.2 Å². The molecule has 0 fully saturated rings. The number of benzene rings is 1. The molecule has 130 valence electrons. The van der Waals surface area contributed by atoms with E-state index in [2.05, 4.69) is 15.3 Å². The highest BCUT2D eigenvalue weighted by Crippen LogP contribution is 2.31. The van der Waals surface area contributed by atoms with Crippen molar-refractivity contribution in [1.29, 1.82) is 0 Å². The molecule has 3 rings (SSSR count). The Kier molecular flexibility index (Phi) is 4.93. The van der Waals surface area contributed by atoms with Crippen LogP contribution >= 0.6 is 11.8 Å². The van der Waals surface area contributed by atoms with Crippen molar-refractivity contribution in [3.05, 3.63) is 54.2 Å². The van der Waals surface area contributed by atoms with E-state index >= 15 is 0 Å². The lowest BCUT2D eigenvalue weighted by atomic mass is 10.2. The van der Waals surface area contributed by atoms with E-state index in [4.69, 9.17) is 4.42 Å². The lowest BCUT2D eigenvalue weighted by Gasteiger charge is -2.10. The molecule has 1 aromatic carbocycles. The second-order valence-corrected chi connectivity index (χ2v) is 5.98. The number of thioether (sulfide) groups is 1. The number of furan rings is 1. The summed E-state index contributed by atoms with van der Waals surface area (Å²) in [6.45, 7) is 0.213. The molecule has 1 N–H and O–H groups in total. The third-order valence-corrected chi connectivity index (χ3v) is 4.19. The summed E-state index contributed by atoms with van der Waals surface area (Å²) in [4.78, 5) is 19.0. The molecule has 2 heterocycles. The van der Waals surface area contributed by atoms with E-state index in [0.717, 1.165) is 11.8 Å². The van der Waals surface area contributed by atoms with Gasteiger partial charge in [0.25, 0.3) is 0 Å². The van der Waals surface area contributed by atoms with Gasteiger partial charge >= 0.3 is 6.18 Å². The smallest absolute Gasteiger partial charge is 0.451 e. The number of amides is 1. The molecule has 0 aliphatic carbocycles. The van der Waals surface area contributed by atoms with Crippen molar-refractivity contribution in [2.45, 2.75) is 17.7 Å². The van der Waals surface area contributed by atoms with Crippen molar-refractivity contribution in [1.82, 2.24) is 15.3 Å². The maximum Gasteiger partial charge on any atom is 0.451 e. The maximum atomic E-state index is 12.9. The fourth-order valence-corrected chi connectivity index (χ4v) is 2.92. The zero-order valence-electron chi connectivity index (χ0n) is 12.7. The SMILES string of the molecule is O=C(CSc1nc(C(F)(F)F)nc2ccccc12)NCc1ccco1. The molecule has 5 nitrogen and oxygen atoms in total. The normalized spacial score (nSPS) is 11.6. The Morgan fingerprint density at radius 2 is 1.96 bits per heavy atom. The van der Waals surface area contributed by atoms with Gasteiger partial charge in [-0.2, -0.15) is 13.2 Å². The van der Waals surface area contributed by atoms with Crippen LogP contribution < -0.4 is 5.32 Å². The molecule has 0 bridgehead atoms. The number of fused-ring (bicyclic) bond motifs is 1. The standard InChI is InChI=1S/C16H12F3N3O2S/c17-16(18,19)15-21-12-6-2-1-5-11(12)14(22-15)25-9-13(23)20-8-10-4-3-7-24-10/h1-7H,8-9H2,(H,20,23). The van der Waals surface area contributed by atoms with Gasteiger partial charge in [-0.25, -0.2) is 9.97 Å². The van der Waals surface area contributed by atoms with Gasteiger partial charge in [-0.1, -0.05) is 30.0 Å². The number of carbonyl (C=O) groups is 1. The Labute approximate surface area is 144 Å². The van der Waals surface area contributed by atoms with Gasteiger partial charge in [0.2, 0.25) is 11.7 Å². The molecule has 0 atom stereocenters. The van der Waals surface area contributed by atoms with Gasteiger partial charge in [0.15, 0.2) is 0 Å². The topological polar surface area (TPSA) is 68.0 Å². The van der Waals surface area contributed by atoms with E-state index in [-0.39, 0.29) is 28.7 Å². The predicted molar refractivity (Wildman–Crippen MR) is 85.8 cm³/mol. The largest absolute Gasteiger partial charge is 0.467 e. The first kappa shape index (κ1) is 17.3. The third kappa shape index (κ3) is 4.30.